The van der Waals surface area contributed by atoms with Crippen molar-refractivity contribution in [3.05, 3.63) is 76.5 Å². The van der Waals surface area contributed by atoms with Crippen molar-refractivity contribution in [1.82, 2.24) is 4.90 Å². The Morgan fingerprint density at radius 3 is 2.53 bits per heavy atom. The minimum Gasteiger partial charge on any atom is -0.494 e. The summed E-state index contributed by atoms with van der Waals surface area (Å²) in [4.78, 5) is 5.04. The summed E-state index contributed by atoms with van der Waals surface area (Å²) in [6.45, 7) is 7.77. The molecule has 0 saturated carbocycles. The summed E-state index contributed by atoms with van der Waals surface area (Å²) in [5.41, 5.74) is 3.77. The number of piperidine rings is 1. The second-order valence-corrected chi connectivity index (χ2v) is 9.65. The lowest BCUT2D eigenvalue weighted by Gasteiger charge is -2.41. The molecular formula is C27H32N2O2S. The average molecular weight is 449 g/mol. The largest absolute Gasteiger partial charge is 0.494 e. The molecule has 3 heterocycles. The highest BCUT2D eigenvalue weighted by atomic mass is 32.1. The maximum absolute atomic E-state index is 6.82. The Morgan fingerprint density at radius 2 is 1.72 bits per heavy atom. The lowest BCUT2D eigenvalue weighted by molar-refractivity contribution is -0.00224. The van der Waals surface area contributed by atoms with Crippen molar-refractivity contribution in [2.24, 2.45) is 0 Å². The molecule has 0 N–H and O–H groups in total. The number of hydrogen-bond acceptors (Lipinski definition) is 5. The monoisotopic (exact) mass is 448 g/mol. The number of hydrogen-bond donors (Lipinski definition) is 0. The number of fused-ring (bicyclic) bond motifs is 1. The van der Waals surface area contributed by atoms with Crippen LogP contribution in [0.15, 0.2) is 65.4 Å². The van der Waals surface area contributed by atoms with Gasteiger partial charge in [-0.05, 0) is 60.4 Å². The van der Waals surface area contributed by atoms with Crippen LogP contribution in [0.1, 0.15) is 37.3 Å². The molecule has 0 amide bonds. The standard InChI is InChI=1S/C27H32N2O2S/c1-2-30-25-9-5-3-7-23(25)20-29-17-14-27(31-26-10-6-4-8-24(26)29)12-15-28(16-13-27)19-22-11-18-32-21-22/h3-11,18,21H,2,12-17,19-20H2,1H3. The van der Waals surface area contributed by atoms with Gasteiger partial charge in [0, 0.05) is 44.7 Å². The number of benzene rings is 2. The molecule has 0 atom stereocenters. The van der Waals surface area contributed by atoms with Gasteiger partial charge >= 0.3 is 0 Å². The van der Waals surface area contributed by atoms with Gasteiger partial charge in [-0.15, -0.1) is 0 Å². The second kappa shape index (κ2) is 9.55. The van der Waals surface area contributed by atoms with E-state index in [-0.39, 0.29) is 5.60 Å². The molecule has 2 aliphatic rings. The van der Waals surface area contributed by atoms with E-state index in [0.29, 0.717) is 6.61 Å². The molecule has 1 spiro atoms. The molecule has 5 heteroatoms. The molecule has 1 aromatic heterocycles. The molecular weight excluding hydrogens is 416 g/mol. The van der Waals surface area contributed by atoms with Gasteiger partial charge in [0.25, 0.3) is 0 Å². The number of likely N-dealkylation sites (tertiary alicyclic amines) is 1. The van der Waals surface area contributed by atoms with E-state index in [1.165, 1.54) is 16.8 Å². The Hall–Kier alpha value is -2.50. The molecule has 0 radical (unpaired) electrons. The highest BCUT2D eigenvalue weighted by molar-refractivity contribution is 7.07. The first-order valence-corrected chi connectivity index (χ1v) is 12.7. The lowest BCUT2D eigenvalue weighted by atomic mass is 9.87. The van der Waals surface area contributed by atoms with Gasteiger partial charge in [-0.2, -0.15) is 11.3 Å². The molecule has 0 aliphatic carbocycles. The molecule has 0 unspecified atom stereocenters. The fourth-order valence-electron chi connectivity index (χ4n) is 4.96. The Labute approximate surface area is 195 Å². The van der Waals surface area contributed by atoms with E-state index in [9.17, 15) is 0 Å². The van der Waals surface area contributed by atoms with Crippen molar-refractivity contribution in [3.8, 4) is 11.5 Å². The fraction of sp³-hybridized carbons (Fsp3) is 0.407. The first-order chi connectivity index (χ1) is 15.7. The van der Waals surface area contributed by atoms with E-state index in [4.69, 9.17) is 9.47 Å². The normalized spacial score (nSPS) is 18.1. The van der Waals surface area contributed by atoms with E-state index in [0.717, 1.165) is 63.5 Å². The van der Waals surface area contributed by atoms with Crippen molar-refractivity contribution in [2.75, 3.05) is 31.1 Å². The van der Waals surface area contributed by atoms with E-state index >= 15 is 0 Å². The highest BCUT2D eigenvalue weighted by Crippen LogP contribution is 2.41. The third-order valence-electron chi connectivity index (χ3n) is 6.76. The zero-order valence-corrected chi connectivity index (χ0v) is 19.7. The van der Waals surface area contributed by atoms with Gasteiger partial charge in [-0.1, -0.05) is 30.3 Å². The summed E-state index contributed by atoms with van der Waals surface area (Å²) in [5.74, 6) is 2.00. The second-order valence-electron chi connectivity index (χ2n) is 8.87. The topological polar surface area (TPSA) is 24.9 Å². The third kappa shape index (κ3) is 4.64. The summed E-state index contributed by atoms with van der Waals surface area (Å²) in [7, 11) is 0. The van der Waals surface area contributed by atoms with Crippen molar-refractivity contribution >= 4 is 17.0 Å². The van der Waals surface area contributed by atoms with E-state index in [1.807, 2.05) is 13.0 Å². The van der Waals surface area contributed by atoms with Crippen molar-refractivity contribution < 1.29 is 9.47 Å². The summed E-state index contributed by atoms with van der Waals surface area (Å²) >= 11 is 1.78. The first kappa shape index (κ1) is 21.4. The predicted octanol–water partition coefficient (Wildman–Crippen LogP) is 5.97. The molecule has 3 aromatic rings. The van der Waals surface area contributed by atoms with Crippen LogP contribution in [0.3, 0.4) is 0 Å². The smallest absolute Gasteiger partial charge is 0.143 e. The quantitative estimate of drug-likeness (QED) is 0.464. The number of rotatable bonds is 6. The average Bonchev–Trinajstić information content (AvgIpc) is 3.28. The molecule has 1 fully saturated rings. The molecule has 32 heavy (non-hydrogen) atoms. The van der Waals surface area contributed by atoms with Gasteiger partial charge in [-0.3, -0.25) is 4.90 Å². The van der Waals surface area contributed by atoms with Crippen molar-refractivity contribution in [1.29, 1.82) is 0 Å². The van der Waals surface area contributed by atoms with Crippen LogP contribution < -0.4 is 14.4 Å². The molecule has 168 valence electrons. The summed E-state index contributed by atoms with van der Waals surface area (Å²) in [6, 6.07) is 19.2. The van der Waals surface area contributed by atoms with E-state index in [2.05, 4.69) is 69.1 Å². The van der Waals surface area contributed by atoms with Crippen LogP contribution in [0.2, 0.25) is 0 Å². The summed E-state index contributed by atoms with van der Waals surface area (Å²) in [5, 5.41) is 4.44. The minimum atomic E-state index is -0.0740. The fourth-order valence-corrected chi connectivity index (χ4v) is 5.62. The summed E-state index contributed by atoms with van der Waals surface area (Å²) < 4.78 is 12.7. The lowest BCUT2D eigenvalue weighted by Crippen LogP contribution is -2.48. The first-order valence-electron chi connectivity index (χ1n) is 11.7. The maximum atomic E-state index is 6.82. The van der Waals surface area contributed by atoms with Gasteiger partial charge in [0.15, 0.2) is 0 Å². The number of thiophene rings is 1. The van der Waals surface area contributed by atoms with Gasteiger partial charge < -0.3 is 14.4 Å². The predicted molar refractivity (Wildman–Crippen MR) is 132 cm³/mol. The van der Waals surface area contributed by atoms with Gasteiger partial charge in [0.1, 0.15) is 17.1 Å². The SMILES string of the molecule is CCOc1ccccc1CN1CCC2(CCN(Cc3ccsc3)CC2)Oc2ccccc21. The van der Waals surface area contributed by atoms with E-state index < -0.39 is 0 Å². The number of nitrogens with zero attached hydrogens (tertiary/aromatic N) is 2. The maximum Gasteiger partial charge on any atom is 0.143 e. The zero-order valence-electron chi connectivity index (χ0n) is 18.8. The van der Waals surface area contributed by atoms with Gasteiger partial charge in [0.2, 0.25) is 0 Å². The minimum absolute atomic E-state index is 0.0740. The molecule has 4 nitrogen and oxygen atoms in total. The Morgan fingerprint density at radius 1 is 0.938 bits per heavy atom. The van der Waals surface area contributed by atoms with Gasteiger partial charge in [-0.25, -0.2) is 0 Å². The zero-order chi connectivity index (χ0) is 21.8. The molecule has 5 rings (SSSR count). The van der Waals surface area contributed by atoms with Crippen LogP contribution in [0, 0.1) is 0 Å². The Kier molecular flexibility index (Phi) is 6.37. The third-order valence-corrected chi connectivity index (χ3v) is 7.49. The Bertz CT molecular complexity index is 1010. The Balaban J connectivity index is 1.33. The molecule has 0 bridgehead atoms. The van der Waals surface area contributed by atoms with Crippen molar-refractivity contribution in [3.63, 3.8) is 0 Å². The molecule has 2 aromatic carbocycles. The van der Waals surface area contributed by atoms with Crippen LogP contribution in [-0.4, -0.2) is 36.7 Å². The number of ether oxygens (including phenoxy) is 2. The van der Waals surface area contributed by atoms with Crippen LogP contribution in [-0.2, 0) is 13.1 Å². The highest BCUT2D eigenvalue weighted by Gasteiger charge is 2.39. The van der Waals surface area contributed by atoms with Gasteiger partial charge in [0.05, 0.1) is 12.3 Å². The molecule has 2 aliphatic heterocycles. The summed E-state index contributed by atoms with van der Waals surface area (Å²) in [6.07, 6.45) is 3.20. The number of para-hydroxylation sites is 3. The molecule has 1 saturated heterocycles. The van der Waals surface area contributed by atoms with Crippen LogP contribution >= 0.6 is 11.3 Å². The van der Waals surface area contributed by atoms with Crippen LogP contribution in [0.25, 0.3) is 0 Å². The van der Waals surface area contributed by atoms with Crippen molar-refractivity contribution in [2.45, 2.75) is 44.9 Å². The van der Waals surface area contributed by atoms with Crippen LogP contribution in [0.4, 0.5) is 5.69 Å². The number of anilines is 1. The van der Waals surface area contributed by atoms with Crippen LogP contribution in [0.5, 0.6) is 11.5 Å². The van der Waals surface area contributed by atoms with E-state index in [1.54, 1.807) is 11.3 Å².